The molecular weight excluding hydrogens is 408 g/mol. The maximum atomic E-state index is 13.7. The molecule has 0 fully saturated rings. The molecule has 1 aliphatic rings. The van der Waals surface area contributed by atoms with E-state index in [-0.39, 0.29) is 24.3 Å². The topological polar surface area (TPSA) is 59.0 Å². The van der Waals surface area contributed by atoms with Crippen molar-refractivity contribution < 1.29 is 22.4 Å². The number of hydrogen-bond acceptors (Lipinski definition) is 4. The Morgan fingerprint density at radius 3 is 2.69 bits per heavy atom. The summed E-state index contributed by atoms with van der Waals surface area (Å²) in [5.74, 6) is -1.000. The van der Waals surface area contributed by atoms with Gasteiger partial charge in [-0.25, -0.2) is 9.07 Å². The highest BCUT2D eigenvalue weighted by molar-refractivity contribution is 7.09. The molecule has 4 rings (SSSR count). The second-order valence-corrected chi connectivity index (χ2v) is 7.69. The highest BCUT2D eigenvalue weighted by Crippen LogP contribution is 2.44. The van der Waals surface area contributed by atoms with Crippen molar-refractivity contribution in [3.8, 4) is 0 Å². The first-order chi connectivity index (χ1) is 13.8. The molecule has 2 unspecified atom stereocenters. The molecule has 3 aromatic rings. The van der Waals surface area contributed by atoms with Gasteiger partial charge < -0.3 is 10.6 Å². The number of anilines is 1. The Balaban J connectivity index is 1.64. The van der Waals surface area contributed by atoms with E-state index in [0.29, 0.717) is 5.56 Å². The van der Waals surface area contributed by atoms with Gasteiger partial charge in [-0.3, -0.25) is 4.79 Å². The molecule has 10 heteroatoms. The van der Waals surface area contributed by atoms with E-state index in [1.165, 1.54) is 35.6 Å². The van der Waals surface area contributed by atoms with Crippen molar-refractivity contribution in [3.63, 3.8) is 0 Å². The molecule has 0 saturated carbocycles. The Bertz CT molecular complexity index is 998. The molecule has 0 radical (unpaired) electrons. The number of nitrogens with one attached hydrogen (secondary N) is 2. The van der Waals surface area contributed by atoms with Crippen molar-refractivity contribution in [2.75, 3.05) is 5.32 Å². The number of carbonyl (C=O) groups is 1. The number of nitrogens with zero attached hydrogens (tertiary/aromatic N) is 2. The SMILES string of the molecule is O=C(NCc1cccs1)c1cnn2c1NC(c1ccc(F)cc1)CC2C(F)(F)F. The van der Waals surface area contributed by atoms with Crippen molar-refractivity contribution in [2.45, 2.75) is 31.2 Å². The predicted octanol–water partition coefficient (Wildman–Crippen LogP) is 4.67. The summed E-state index contributed by atoms with van der Waals surface area (Å²) in [5.41, 5.74) is 0.528. The van der Waals surface area contributed by atoms with Crippen molar-refractivity contribution in [1.29, 1.82) is 0 Å². The molecule has 0 aliphatic carbocycles. The number of carbonyl (C=O) groups excluding carboxylic acids is 1. The van der Waals surface area contributed by atoms with Crippen LogP contribution in [-0.2, 0) is 6.54 Å². The third-order valence-electron chi connectivity index (χ3n) is 4.76. The maximum Gasteiger partial charge on any atom is 0.410 e. The zero-order valence-electron chi connectivity index (χ0n) is 14.9. The van der Waals surface area contributed by atoms with E-state index < -0.39 is 30.0 Å². The fourth-order valence-electron chi connectivity index (χ4n) is 3.32. The van der Waals surface area contributed by atoms with Crippen LogP contribution in [0.5, 0.6) is 0 Å². The van der Waals surface area contributed by atoms with Gasteiger partial charge in [0.2, 0.25) is 0 Å². The largest absolute Gasteiger partial charge is 0.410 e. The average molecular weight is 424 g/mol. The van der Waals surface area contributed by atoms with Crippen LogP contribution in [0.1, 0.15) is 39.3 Å². The molecule has 0 bridgehead atoms. The first-order valence-electron chi connectivity index (χ1n) is 8.79. The third kappa shape index (κ3) is 3.98. The fraction of sp³-hybridized carbons (Fsp3) is 0.263. The van der Waals surface area contributed by atoms with Crippen molar-refractivity contribution in [2.24, 2.45) is 0 Å². The van der Waals surface area contributed by atoms with Crippen LogP contribution >= 0.6 is 11.3 Å². The third-order valence-corrected chi connectivity index (χ3v) is 5.64. The summed E-state index contributed by atoms with van der Waals surface area (Å²) in [7, 11) is 0. The van der Waals surface area contributed by atoms with Crippen molar-refractivity contribution in [3.05, 3.63) is 69.8 Å². The number of aromatic nitrogens is 2. The standard InChI is InChI=1S/C19H16F4N4OS/c20-12-5-3-11(4-6-12)15-8-16(19(21,22)23)27-17(26-15)14(10-25-27)18(28)24-9-13-2-1-7-29-13/h1-7,10,15-16,26H,8-9H2,(H,24,28). The first-order valence-corrected chi connectivity index (χ1v) is 9.67. The number of alkyl halides is 3. The minimum atomic E-state index is -4.55. The number of benzene rings is 1. The summed E-state index contributed by atoms with van der Waals surface area (Å²) in [6.07, 6.45) is -3.73. The summed E-state index contributed by atoms with van der Waals surface area (Å²) >= 11 is 1.46. The van der Waals surface area contributed by atoms with Gasteiger partial charge in [0.15, 0.2) is 6.04 Å². The van der Waals surface area contributed by atoms with Gasteiger partial charge in [0.1, 0.15) is 17.2 Å². The quantitative estimate of drug-likeness (QED) is 0.599. The molecular formula is C19H16F4N4OS. The normalized spacial score (nSPS) is 18.8. The van der Waals surface area contributed by atoms with Gasteiger partial charge in [0, 0.05) is 11.3 Å². The lowest BCUT2D eigenvalue weighted by molar-refractivity contribution is -0.173. The molecule has 2 atom stereocenters. The molecule has 29 heavy (non-hydrogen) atoms. The van der Waals surface area contributed by atoms with Gasteiger partial charge in [0.25, 0.3) is 5.91 Å². The summed E-state index contributed by atoms with van der Waals surface area (Å²) in [6.45, 7) is 0.269. The molecule has 3 heterocycles. The lowest BCUT2D eigenvalue weighted by Crippen LogP contribution is -2.36. The molecule has 0 spiro atoms. The predicted molar refractivity (Wildman–Crippen MR) is 100 cm³/mol. The Labute approximate surface area is 167 Å². The van der Waals surface area contributed by atoms with E-state index in [1.807, 2.05) is 17.5 Å². The Morgan fingerprint density at radius 2 is 2.03 bits per heavy atom. The van der Waals surface area contributed by atoms with Crippen LogP contribution in [0.3, 0.4) is 0 Å². The minimum Gasteiger partial charge on any atom is -0.363 e. The van der Waals surface area contributed by atoms with Crippen LogP contribution in [0.2, 0.25) is 0 Å². The van der Waals surface area contributed by atoms with E-state index in [2.05, 4.69) is 15.7 Å². The van der Waals surface area contributed by atoms with Crippen molar-refractivity contribution >= 4 is 23.1 Å². The number of amides is 1. The molecule has 0 saturated heterocycles. The van der Waals surface area contributed by atoms with Gasteiger partial charge in [0.05, 0.1) is 18.8 Å². The maximum absolute atomic E-state index is 13.7. The van der Waals surface area contributed by atoms with Crippen LogP contribution < -0.4 is 10.6 Å². The lowest BCUT2D eigenvalue weighted by atomic mass is 9.96. The monoisotopic (exact) mass is 424 g/mol. The Morgan fingerprint density at radius 1 is 1.28 bits per heavy atom. The smallest absolute Gasteiger partial charge is 0.363 e. The molecule has 2 N–H and O–H groups in total. The van der Waals surface area contributed by atoms with E-state index in [9.17, 15) is 22.4 Å². The summed E-state index contributed by atoms with van der Waals surface area (Å²) < 4.78 is 55.0. The first kappa shape index (κ1) is 19.4. The van der Waals surface area contributed by atoms with E-state index >= 15 is 0 Å². The molecule has 5 nitrogen and oxygen atoms in total. The van der Waals surface area contributed by atoms with E-state index in [4.69, 9.17) is 0 Å². The summed E-state index contributed by atoms with van der Waals surface area (Å²) in [6, 6.07) is 6.31. The van der Waals surface area contributed by atoms with Crippen molar-refractivity contribution in [1.82, 2.24) is 15.1 Å². The van der Waals surface area contributed by atoms with Crippen LogP contribution in [0, 0.1) is 5.82 Å². The zero-order chi connectivity index (χ0) is 20.6. The molecule has 2 aromatic heterocycles. The number of rotatable bonds is 4. The van der Waals surface area contributed by atoms with Gasteiger partial charge in [-0.05, 0) is 29.1 Å². The Kier molecular flexibility index (Phi) is 5.03. The number of halogens is 4. The van der Waals surface area contributed by atoms with Gasteiger partial charge in [-0.15, -0.1) is 11.3 Å². The minimum absolute atomic E-state index is 0.00317. The molecule has 152 valence electrons. The van der Waals surface area contributed by atoms with Crippen LogP contribution in [0.4, 0.5) is 23.4 Å². The lowest BCUT2D eigenvalue weighted by Gasteiger charge is -2.34. The van der Waals surface area contributed by atoms with Gasteiger partial charge >= 0.3 is 6.18 Å². The Hall–Kier alpha value is -2.88. The number of thiophene rings is 1. The second-order valence-electron chi connectivity index (χ2n) is 6.66. The van der Waals surface area contributed by atoms with Crippen LogP contribution in [0.15, 0.2) is 48.0 Å². The molecule has 1 amide bonds. The van der Waals surface area contributed by atoms with E-state index in [1.54, 1.807) is 0 Å². The average Bonchev–Trinajstić information content (AvgIpc) is 3.35. The van der Waals surface area contributed by atoms with Gasteiger partial charge in [-0.1, -0.05) is 18.2 Å². The highest BCUT2D eigenvalue weighted by Gasteiger charge is 2.47. The summed E-state index contributed by atoms with van der Waals surface area (Å²) in [5, 5.41) is 11.4. The van der Waals surface area contributed by atoms with Gasteiger partial charge in [-0.2, -0.15) is 18.3 Å². The fourth-order valence-corrected chi connectivity index (χ4v) is 3.96. The van der Waals surface area contributed by atoms with Crippen LogP contribution in [-0.4, -0.2) is 21.9 Å². The van der Waals surface area contributed by atoms with E-state index in [0.717, 1.165) is 15.8 Å². The number of fused-ring (bicyclic) bond motifs is 1. The number of hydrogen-bond donors (Lipinski definition) is 2. The second kappa shape index (κ2) is 7.51. The highest BCUT2D eigenvalue weighted by atomic mass is 32.1. The molecule has 1 aromatic carbocycles. The van der Waals surface area contributed by atoms with Crippen LogP contribution in [0.25, 0.3) is 0 Å². The summed E-state index contributed by atoms with van der Waals surface area (Å²) in [4.78, 5) is 13.5. The molecule has 1 aliphatic heterocycles. The zero-order valence-corrected chi connectivity index (χ0v) is 15.7.